The average molecular weight is 423 g/mol. The van der Waals surface area contributed by atoms with Crippen molar-refractivity contribution in [2.24, 2.45) is 5.16 Å². The van der Waals surface area contributed by atoms with E-state index in [1.807, 2.05) is 11.0 Å². The molecular weight excluding hydrogens is 401 g/mol. The van der Waals surface area contributed by atoms with Crippen LogP contribution in [-0.4, -0.2) is 68.7 Å². The van der Waals surface area contributed by atoms with Crippen LogP contribution in [0.2, 0.25) is 0 Å². The molecule has 1 aromatic heterocycles. The second-order valence-corrected chi connectivity index (χ2v) is 9.03. The van der Waals surface area contributed by atoms with E-state index < -0.39 is 10.0 Å². The van der Waals surface area contributed by atoms with Crippen molar-refractivity contribution in [2.45, 2.75) is 12.5 Å². The summed E-state index contributed by atoms with van der Waals surface area (Å²) in [5.74, 6) is 0.260. The molecule has 2 aliphatic heterocycles. The number of oxime groups is 1. The largest absolute Gasteiger partial charge is 0.390 e. The fourth-order valence-electron chi connectivity index (χ4n) is 3.43. The molecule has 0 bridgehead atoms. The lowest BCUT2D eigenvalue weighted by molar-refractivity contribution is 0.0948. The molecule has 2 aliphatic rings. The van der Waals surface area contributed by atoms with E-state index in [1.165, 1.54) is 22.9 Å². The molecule has 0 spiro atoms. The van der Waals surface area contributed by atoms with Crippen LogP contribution in [0.4, 0.5) is 15.9 Å². The summed E-state index contributed by atoms with van der Waals surface area (Å²) < 4.78 is 44.2. The molecule has 2 aromatic rings. The first-order chi connectivity index (χ1) is 13.9. The minimum absolute atomic E-state index is 0.173. The molecule has 1 N–H and O–H groups in total. The third kappa shape index (κ3) is 4.51. The predicted octanol–water partition coefficient (Wildman–Crippen LogP) is 1.50. The van der Waals surface area contributed by atoms with Crippen LogP contribution in [0.25, 0.3) is 0 Å². The number of aromatic nitrogens is 1. The van der Waals surface area contributed by atoms with Gasteiger partial charge in [0.05, 0.1) is 24.2 Å². The quantitative estimate of drug-likeness (QED) is 0.752. The van der Waals surface area contributed by atoms with Gasteiger partial charge in [-0.3, -0.25) is 0 Å². The molecule has 29 heavy (non-hydrogen) atoms. The van der Waals surface area contributed by atoms with Crippen LogP contribution >= 0.6 is 0 Å². The molecule has 4 rings (SSSR count). The maximum Gasteiger partial charge on any atom is 0.211 e. The Morgan fingerprint density at radius 1 is 1.24 bits per heavy atom. The first kappa shape index (κ1) is 19.6. The summed E-state index contributed by atoms with van der Waals surface area (Å²) in [7, 11) is -3.21. The highest BCUT2D eigenvalue weighted by atomic mass is 32.2. The first-order valence-electron chi connectivity index (χ1n) is 9.27. The predicted molar refractivity (Wildman–Crippen MR) is 106 cm³/mol. The smallest absolute Gasteiger partial charge is 0.211 e. The van der Waals surface area contributed by atoms with Crippen molar-refractivity contribution < 1.29 is 22.2 Å². The van der Waals surface area contributed by atoms with Gasteiger partial charge in [0.2, 0.25) is 10.0 Å². The van der Waals surface area contributed by atoms with Crippen LogP contribution in [0.5, 0.6) is 0 Å². The molecule has 0 amide bonds. The van der Waals surface area contributed by atoms with E-state index in [0.29, 0.717) is 61.9 Å². The highest BCUT2D eigenvalue weighted by Crippen LogP contribution is 2.25. The van der Waals surface area contributed by atoms with Crippen molar-refractivity contribution in [3.05, 3.63) is 41.9 Å². The van der Waals surface area contributed by atoms with Gasteiger partial charge in [-0.2, -0.15) is 4.31 Å². The summed E-state index contributed by atoms with van der Waals surface area (Å²) in [6, 6.07) is 6.69. The van der Waals surface area contributed by atoms with Crippen molar-refractivity contribution >= 4 is 27.2 Å². The molecule has 0 aliphatic carbocycles. The van der Waals surface area contributed by atoms with Gasteiger partial charge in [-0.25, -0.2) is 12.8 Å². The molecule has 156 valence electrons. The average Bonchev–Trinajstić information content (AvgIpc) is 3.38. The van der Waals surface area contributed by atoms with Crippen molar-refractivity contribution in [1.82, 2.24) is 9.46 Å². The van der Waals surface area contributed by atoms with Crippen LogP contribution in [0.1, 0.15) is 12.0 Å². The molecule has 9 nitrogen and oxygen atoms in total. The highest BCUT2D eigenvalue weighted by molar-refractivity contribution is 7.88. The number of hydrogen-bond acceptors (Lipinski definition) is 8. The van der Waals surface area contributed by atoms with Crippen LogP contribution in [-0.2, 0) is 14.9 Å². The Morgan fingerprint density at radius 2 is 2.03 bits per heavy atom. The third-order valence-corrected chi connectivity index (χ3v) is 6.31. The number of rotatable bonds is 6. The van der Waals surface area contributed by atoms with E-state index in [-0.39, 0.29) is 11.9 Å². The van der Waals surface area contributed by atoms with Crippen molar-refractivity contribution in [1.29, 1.82) is 0 Å². The SMILES string of the molecule is CS(=O)(=O)N1CCN(c2ccc(C3=NOC(CNc4ccon4)C3)cc2F)CC1. The number of hydrogen-bond donors (Lipinski definition) is 1. The molecule has 11 heteroatoms. The summed E-state index contributed by atoms with van der Waals surface area (Å²) in [6.45, 7) is 2.10. The fraction of sp³-hybridized carbons (Fsp3) is 0.444. The third-order valence-electron chi connectivity index (χ3n) is 5.01. The number of nitrogens with zero attached hydrogens (tertiary/aromatic N) is 4. The molecule has 0 saturated carbocycles. The van der Waals surface area contributed by atoms with Gasteiger partial charge in [-0.1, -0.05) is 16.4 Å². The second kappa shape index (κ2) is 7.99. The Hall–Kier alpha value is -2.66. The van der Waals surface area contributed by atoms with Crippen LogP contribution in [0.3, 0.4) is 0 Å². The Labute approximate surface area is 168 Å². The first-order valence-corrected chi connectivity index (χ1v) is 11.1. The van der Waals surface area contributed by atoms with Gasteiger partial charge in [-0.15, -0.1) is 0 Å². The van der Waals surface area contributed by atoms with Gasteiger partial charge >= 0.3 is 0 Å². The standard InChI is InChI=1S/C18H22FN5O4S/c1-29(25,26)24-7-5-23(6-8-24)17-3-2-13(10-15(17)19)16-11-14(28-21-16)12-20-18-4-9-27-22-18/h2-4,9-10,14H,5-8,11-12H2,1H3,(H,20,22). The fourth-order valence-corrected chi connectivity index (χ4v) is 4.26. The monoisotopic (exact) mass is 423 g/mol. The van der Waals surface area contributed by atoms with Gasteiger partial charge in [0.15, 0.2) is 5.82 Å². The van der Waals surface area contributed by atoms with Crippen molar-refractivity contribution in [3.63, 3.8) is 0 Å². The van der Waals surface area contributed by atoms with Gasteiger partial charge in [-0.05, 0) is 12.1 Å². The number of halogens is 1. The van der Waals surface area contributed by atoms with E-state index in [1.54, 1.807) is 12.1 Å². The number of sulfonamides is 1. The lowest BCUT2D eigenvalue weighted by Crippen LogP contribution is -2.48. The lowest BCUT2D eigenvalue weighted by atomic mass is 10.0. The van der Waals surface area contributed by atoms with Crippen LogP contribution in [0.15, 0.2) is 40.2 Å². The summed E-state index contributed by atoms with van der Waals surface area (Å²) >= 11 is 0. The van der Waals surface area contributed by atoms with E-state index in [9.17, 15) is 12.8 Å². The van der Waals surface area contributed by atoms with Crippen LogP contribution < -0.4 is 10.2 Å². The normalized spacial score (nSPS) is 20.4. The zero-order chi connectivity index (χ0) is 20.4. The molecular formula is C18H22FN5O4S. The minimum atomic E-state index is -3.21. The lowest BCUT2D eigenvalue weighted by Gasteiger charge is -2.34. The molecule has 1 aromatic carbocycles. The van der Waals surface area contributed by atoms with Crippen LogP contribution in [0, 0.1) is 5.82 Å². The molecule has 1 atom stereocenters. The van der Waals surface area contributed by atoms with E-state index >= 15 is 0 Å². The number of piperazine rings is 1. The molecule has 1 fully saturated rings. The van der Waals surface area contributed by atoms with Gasteiger partial charge in [0, 0.05) is 44.2 Å². The molecule has 0 radical (unpaired) electrons. The minimum Gasteiger partial charge on any atom is -0.390 e. The van der Waals surface area contributed by atoms with Crippen molar-refractivity contribution in [2.75, 3.05) is 49.2 Å². The van der Waals surface area contributed by atoms with Gasteiger partial charge < -0.3 is 19.6 Å². The maximum absolute atomic E-state index is 14.7. The number of anilines is 2. The molecule has 1 unspecified atom stereocenters. The van der Waals surface area contributed by atoms with E-state index in [4.69, 9.17) is 9.36 Å². The second-order valence-electron chi connectivity index (χ2n) is 7.05. The van der Waals surface area contributed by atoms with Crippen molar-refractivity contribution in [3.8, 4) is 0 Å². The highest BCUT2D eigenvalue weighted by Gasteiger charge is 2.26. The number of nitrogens with one attached hydrogen (secondary N) is 1. The Morgan fingerprint density at radius 3 is 2.69 bits per heavy atom. The Kier molecular flexibility index (Phi) is 5.41. The Bertz CT molecular complexity index is 988. The zero-order valence-corrected chi connectivity index (χ0v) is 16.7. The van der Waals surface area contributed by atoms with E-state index in [0.717, 1.165) is 0 Å². The number of benzene rings is 1. The van der Waals surface area contributed by atoms with E-state index in [2.05, 4.69) is 15.6 Å². The van der Waals surface area contributed by atoms with Gasteiger partial charge in [0.25, 0.3) is 0 Å². The van der Waals surface area contributed by atoms with Gasteiger partial charge in [0.1, 0.15) is 18.2 Å². The summed E-state index contributed by atoms with van der Waals surface area (Å²) in [6.07, 6.45) is 3.05. The summed E-state index contributed by atoms with van der Waals surface area (Å²) in [4.78, 5) is 7.28. The zero-order valence-electron chi connectivity index (χ0n) is 15.9. The maximum atomic E-state index is 14.7. The molecule has 1 saturated heterocycles. The summed E-state index contributed by atoms with van der Waals surface area (Å²) in [5, 5.41) is 10.9. The Balaban J connectivity index is 1.35. The summed E-state index contributed by atoms with van der Waals surface area (Å²) in [5.41, 5.74) is 1.82. The molecule has 3 heterocycles. The topological polar surface area (TPSA) is 100 Å².